The van der Waals surface area contributed by atoms with Crippen LogP contribution in [0.25, 0.3) is 6.08 Å². The number of para-hydroxylation sites is 1. The number of carbonyl (C=O) groups is 2. The van der Waals surface area contributed by atoms with Crippen LogP contribution in [-0.4, -0.2) is 40.1 Å². The quantitative estimate of drug-likeness (QED) is 0.152. The van der Waals surface area contributed by atoms with E-state index < -0.39 is 30.0 Å². The van der Waals surface area contributed by atoms with E-state index in [4.69, 9.17) is 4.65 Å². The fourth-order valence-corrected chi connectivity index (χ4v) is 6.66. The van der Waals surface area contributed by atoms with Crippen LogP contribution < -0.4 is 4.90 Å². The number of allylic oxidation sites excluding steroid dienone is 2. The Balaban J connectivity index is 1.41. The molecule has 2 fully saturated rings. The number of anilines is 1. The Morgan fingerprint density at radius 1 is 1.15 bits per heavy atom. The van der Waals surface area contributed by atoms with Crippen molar-refractivity contribution < 1.29 is 29.3 Å². The number of amides is 2. The summed E-state index contributed by atoms with van der Waals surface area (Å²) in [5.74, 6) is -2.12. The van der Waals surface area contributed by atoms with Crippen molar-refractivity contribution in [2.75, 3.05) is 4.90 Å². The van der Waals surface area contributed by atoms with Gasteiger partial charge in [0.2, 0.25) is 11.8 Å². The number of nitro groups is 1. The molecule has 40 heavy (non-hydrogen) atoms. The van der Waals surface area contributed by atoms with Crippen LogP contribution in [0.4, 0.5) is 11.4 Å². The SMILES string of the molecule is CCC/C(=C\c1ccccc1O)CC[C@H]1OB(O)C[C@H]2C1=C(C)C[C@H]1C(=O)N(c3cccc([N+](=O)[O-])c3)C(=O)[C@H]12. The van der Waals surface area contributed by atoms with Crippen LogP contribution in [-0.2, 0) is 14.2 Å². The number of carbonyl (C=O) groups excluding carboxylic acids is 2. The number of aromatic hydroxyl groups is 1. The van der Waals surface area contributed by atoms with E-state index in [2.05, 4.69) is 6.92 Å². The van der Waals surface area contributed by atoms with Gasteiger partial charge >= 0.3 is 7.12 Å². The Hall–Kier alpha value is -3.76. The lowest BCUT2D eigenvalue weighted by molar-refractivity contribution is -0.384. The van der Waals surface area contributed by atoms with Crippen LogP contribution in [0.3, 0.4) is 0 Å². The summed E-state index contributed by atoms with van der Waals surface area (Å²) in [7, 11) is -1.07. The van der Waals surface area contributed by atoms with Gasteiger partial charge < -0.3 is 14.8 Å². The number of rotatable bonds is 8. The van der Waals surface area contributed by atoms with Crippen LogP contribution in [0, 0.1) is 27.9 Å². The molecule has 2 saturated heterocycles. The van der Waals surface area contributed by atoms with Crippen molar-refractivity contribution >= 4 is 36.4 Å². The van der Waals surface area contributed by atoms with Crippen LogP contribution in [0.15, 0.2) is 65.3 Å². The number of fused-ring (bicyclic) bond motifs is 3. The summed E-state index contributed by atoms with van der Waals surface area (Å²) >= 11 is 0. The maximum atomic E-state index is 13.8. The zero-order valence-corrected chi connectivity index (χ0v) is 22.7. The van der Waals surface area contributed by atoms with Gasteiger partial charge in [-0.25, -0.2) is 4.90 Å². The van der Waals surface area contributed by atoms with E-state index >= 15 is 0 Å². The molecule has 3 aliphatic rings. The predicted molar refractivity (Wildman–Crippen MR) is 151 cm³/mol. The highest BCUT2D eigenvalue weighted by Crippen LogP contribution is 2.51. The molecule has 0 radical (unpaired) electrons. The Morgan fingerprint density at radius 3 is 2.65 bits per heavy atom. The van der Waals surface area contributed by atoms with Crippen molar-refractivity contribution in [3.05, 3.63) is 80.9 Å². The fourth-order valence-electron chi connectivity index (χ4n) is 6.66. The molecule has 2 amide bonds. The molecule has 0 bridgehead atoms. The molecule has 0 spiro atoms. The Kier molecular flexibility index (Phi) is 7.91. The molecule has 5 rings (SSSR count). The topological polar surface area (TPSA) is 130 Å². The second kappa shape index (κ2) is 11.4. The summed E-state index contributed by atoms with van der Waals surface area (Å²) in [5, 5.41) is 32.3. The first-order valence-corrected chi connectivity index (χ1v) is 13.8. The second-order valence-corrected chi connectivity index (χ2v) is 10.9. The van der Waals surface area contributed by atoms with Gasteiger partial charge in [-0.2, -0.15) is 0 Å². The van der Waals surface area contributed by atoms with E-state index in [0.717, 1.165) is 40.0 Å². The van der Waals surface area contributed by atoms with Gasteiger partial charge in [0.1, 0.15) is 5.75 Å². The minimum Gasteiger partial charge on any atom is -0.507 e. The van der Waals surface area contributed by atoms with Crippen molar-refractivity contribution in [2.24, 2.45) is 17.8 Å². The van der Waals surface area contributed by atoms with Gasteiger partial charge in [-0.15, -0.1) is 0 Å². The number of imide groups is 1. The number of benzene rings is 2. The maximum Gasteiger partial charge on any atom is 0.455 e. The van der Waals surface area contributed by atoms with Crippen molar-refractivity contribution in [1.29, 1.82) is 0 Å². The third-order valence-corrected chi connectivity index (χ3v) is 8.35. The monoisotopic (exact) mass is 544 g/mol. The summed E-state index contributed by atoms with van der Waals surface area (Å²) in [6.45, 7) is 4.06. The van der Waals surface area contributed by atoms with E-state index in [-0.39, 0.29) is 41.2 Å². The molecule has 0 unspecified atom stereocenters. The van der Waals surface area contributed by atoms with Crippen molar-refractivity contribution in [2.45, 2.75) is 58.4 Å². The molecule has 9 nitrogen and oxygen atoms in total. The Bertz CT molecular complexity index is 1400. The summed E-state index contributed by atoms with van der Waals surface area (Å²) in [6.07, 6.45) is 5.27. The Morgan fingerprint density at radius 2 is 1.93 bits per heavy atom. The minimum absolute atomic E-state index is 0.190. The Labute approximate surface area is 233 Å². The van der Waals surface area contributed by atoms with E-state index in [1.54, 1.807) is 12.1 Å². The van der Waals surface area contributed by atoms with E-state index in [1.165, 1.54) is 24.3 Å². The number of hydrogen-bond donors (Lipinski definition) is 2. The van der Waals surface area contributed by atoms with Gasteiger partial charge in [0.15, 0.2) is 0 Å². The van der Waals surface area contributed by atoms with Crippen molar-refractivity contribution in [1.82, 2.24) is 0 Å². The lowest BCUT2D eigenvalue weighted by atomic mass is 9.58. The van der Waals surface area contributed by atoms with E-state index in [0.29, 0.717) is 19.3 Å². The van der Waals surface area contributed by atoms with Crippen molar-refractivity contribution in [3.63, 3.8) is 0 Å². The van der Waals surface area contributed by atoms with Gasteiger partial charge in [0.25, 0.3) is 5.69 Å². The summed E-state index contributed by atoms with van der Waals surface area (Å²) in [4.78, 5) is 39.1. The molecule has 1 aliphatic carbocycles. The first kappa shape index (κ1) is 27.8. The smallest absolute Gasteiger partial charge is 0.455 e. The summed E-state index contributed by atoms with van der Waals surface area (Å²) < 4.78 is 6.03. The van der Waals surface area contributed by atoms with Crippen molar-refractivity contribution in [3.8, 4) is 5.75 Å². The molecule has 0 aromatic heterocycles. The molecule has 2 aliphatic heterocycles. The van der Waals surface area contributed by atoms with Gasteiger partial charge in [0.05, 0.1) is 28.6 Å². The number of non-ortho nitro benzene ring substituents is 1. The number of nitro benzene ring substituents is 1. The fraction of sp³-hybridized carbons (Fsp3) is 0.400. The third-order valence-electron chi connectivity index (χ3n) is 8.35. The average molecular weight is 544 g/mol. The van der Waals surface area contributed by atoms with Gasteiger partial charge in [-0.3, -0.25) is 19.7 Å². The summed E-state index contributed by atoms with van der Waals surface area (Å²) in [5.41, 5.74) is 3.88. The molecule has 0 saturated carbocycles. The molecule has 4 atom stereocenters. The first-order chi connectivity index (χ1) is 19.2. The minimum atomic E-state index is -1.07. The molecule has 10 heteroatoms. The normalized spacial score (nSPS) is 24.8. The third kappa shape index (κ3) is 5.21. The molecule has 2 heterocycles. The largest absolute Gasteiger partial charge is 0.507 e. The highest BCUT2D eigenvalue weighted by molar-refractivity contribution is 6.43. The molecule has 2 N–H and O–H groups in total. The zero-order chi connectivity index (χ0) is 28.6. The van der Waals surface area contributed by atoms with Gasteiger partial charge in [-0.05, 0) is 62.6 Å². The number of hydrogen-bond acceptors (Lipinski definition) is 7. The molecule has 208 valence electrons. The zero-order valence-electron chi connectivity index (χ0n) is 22.7. The highest BCUT2D eigenvalue weighted by atomic mass is 16.6. The van der Waals surface area contributed by atoms with E-state index in [9.17, 15) is 29.8 Å². The number of nitrogens with zero attached hydrogens (tertiary/aromatic N) is 2. The van der Waals surface area contributed by atoms with Gasteiger partial charge in [-0.1, -0.05) is 54.8 Å². The summed E-state index contributed by atoms with van der Waals surface area (Å²) in [6, 6.07) is 12.8. The average Bonchev–Trinajstić information content (AvgIpc) is 3.17. The number of phenols is 1. The van der Waals surface area contributed by atoms with Crippen LogP contribution >= 0.6 is 0 Å². The maximum absolute atomic E-state index is 13.8. The molecular weight excluding hydrogens is 511 g/mol. The predicted octanol–water partition coefficient (Wildman–Crippen LogP) is 5.29. The van der Waals surface area contributed by atoms with E-state index in [1.807, 2.05) is 25.1 Å². The van der Waals surface area contributed by atoms with Crippen LogP contribution in [0.5, 0.6) is 5.75 Å². The lowest BCUT2D eigenvalue weighted by Gasteiger charge is -2.42. The molecular formula is C30H33BN2O7. The van der Waals surface area contributed by atoms with Gasteiger partial charge in [0, 0.05) is 17.7 Å². The molecule has 2 aromatic carbocycles. The van der Waals surface area contributed by atoms with Crippen LogP contribution in [0.1, 0.15) is 51.5 Å². The first-order valence-electron chi connectivity index (χ1n) is 13.8. The molecule has 2 aromatic rings. The lowest BCUT2D eigenvalue weighted by Crippen LogP contribution is -2.46. The standard InChI is InChI=1S/C30H33BN2O7/c1-3-7-19(15-20-8-4-5-11-25(20)34)12-13-26-27-18(2)14-23-28(24(27)17-31(37)40-26)30(36)32(29(23)35)21-9-6-10-22(16-21)33(38)39/h4-6,8-11,15-16,23-24,26,28,34,37H,3,7,12-14,17H2,1-2H3/b19-15+/t23-,24+,26-,28-/m1/s1. The second-order valence-electron chi connectivity index (χ2n) is 10.9. The highest BCUT2D eigenvalue weighted by Gasteiger charge is 2.57. The number of phenolic OH excluding ortho intramolecular Hbond substituents is 1. The van der Waals surface area contributed by atoms with Crippen LogP contribution in [0.2, 0.25) is 6.32 Å².